The van der Waals surface area contributed by atoms with Gasteiger partial charge in [0.25, 0.3) is 0 Å². The van der Waals surface area contributed by atoms with E-state index in [1.165, 1.54) is 5.56 Å². The highest BCUT2D eigenvalue weighted by Gasteiger charge is 2.35. The summed E-state index contributed by atoms with van der Waals surface area (Å²) in [7, 11) is 0. The molecule has 1 aromatic carbocycles. The molecule has 2 atom stereocenters. The summed E-state index contributed by atoms with van der Waals surface area (Å²) in [6, 6.07) is 8.75. The molecule has 0 radical (unpaired) electrons. The van der Waals surface area contributed by atoms with E-state index in [-0.39, 0.29) is 5.54 Å². The van der Waals surface area contributed by atoms with Gasteiger partial charge in [-0.2, -0.15) is 0 Å². The number of nitrogens with zero attached hydrogens (tertiary/aromatic N) is 2. The lowest BCUT2D eigenvalue weighted by Gasteiger charge is -2.48. The van der Waals surface area contributed by atoms with Crippen LogP contribution in [0.3, 0.4) is 0 Å². The maximum absolute atomic E-state index is 6.15. The predicted octanol–water partition coefficient (Wildman–Crippen LogP) is 2.63. The van der Waals surface area contributed by atoms with Crippen molar-refractivity contribution in [1.82, 2.24) is 9.80 Å². The molecule has 2 unspecified atom stereocenters. The minimum absolute atomic E-state index is 0.0158. The Morgan fingerprint density at radius 2 is 1.95 bits per heavy atom. The Hall–Kier alpha value is -0.610. The summed E-state index contributed by atoms with van der Waals surface area (Å²) in [5.74, 6) is 0. The first kappa shape index (κ1) is 16.8. The summed E-state index contributed by atoms with van der Waals surface area (Å²) < 4.78 is 0. The minimum atomic E-state index is 0.0158. The summed E-state index contributed by atoms with van der Waals surface area (Å²) in [6.07, 6.45) is 0.972. The maximum Gasteiger partial charge on any atom is 0.0406 e. The highest BCUT2D eigenvalue weighted by atomic mass is 35.5. The van der Waals surface area contributed by atoms with Gasteiger partial charge < -0.3 is 5.73 Å². The number of halogens is 1. The Labute approximate surface area is 134 Å². The largest absolute Gasteiger partial charge is 0.329 e. The fraction of sp³-hybridized carbons (Fsp3) is 0.647. The SMILES string of the molecule is CCN1CCN(C(C)(CN)Cc2ccc(Cl)cc2)CC1C. The molecule has 1 aliphatic rings. The summed E-state index contributed by atoms with van der Waals surface area (Å²) >= 11 is 5.98. The number of hydrogen-bond donors (Lipinski definition) is 1. The summed E-state index contributed by atoms with van der Waals surface area (Å²) in [5, 5.41) is 0.790. The van der Waals surface area contributed by atoms with Crippen LogP contribution in [0, 0.1) is 0 Å². The van der Waals surface area contributed by atoms with E-state index in [1.54, 1.807) is 0 Å². The molecule has 0 spiro atoms. The van der Waals surface area contributed by atoms with Crippen molar-refractivity contribution in [2.75, 3.05) is 32.7 Å². The van der Waals surface area contributed by atoms with E-state index in [4.69, 9.17) is 17.3 Å². The second-order valence-electron chi connectivity index (χ2n) is 6.43. The second kappa shape index (κ2) is 7.10. The van der Waals surface area contributed by atoms with Crippen molar-refractivity contribution in [3.63, 3.8) is 0 Å². The molecule has 118 valence electrons. The minimum Gasteiger partial charge on any atom is -0.329 e. The Balaban J connectivity index is 2.08. The van der Waals surface area contributed by atoms with Crippen molar-refractivity contribution < 1.29 is 0 Å². The Morgan fingerprint density at radius 3 is 2.48 bits per heavy atom. The van der Waals surface area contributed by atoms with Crippen LogP contribution < -0.4 is 5.73 Å². The summed E-state index contributed by atoms with van der Waals surface area (Å²) in [4.78, 5) is 5.11. The van der Waals surface area contributed by atoms with Crippen molar-refractivity contribution in [2.24, 2.45) is 5.73 Å². The van der Waals surface area contributed by atoms with E-state index in [0.29, 0.717) is 12.6 Å². The van der Waals surface area contributed by atoms with Crippen LogP contribution in [-0.2, 0) is 6.42 Å². The highest BCUT2D eigenvalue weighted by molar-refractivity contribution is 6.30. The molecule has 1 aromatic rings. The van der Waals surface area contributed by atoms with Gasteiger partial charge in [0.1, 0.15) is 0 Å². The van der Waals surface area contributed by atoms with Gasteiger partial charge in [-0.3, -0.25) is 9.80 Å². The number of nitrogens with two attached hydrogens (primary N) is 1. The van der Waals surface area contributed by atoms with Gasteiger partial charge in [-0.05, 0) is 44.5 Å². The molecule has 0 saturated carbocycles. The number of rotatable bonds is 5. The zero-order valence-corrected chi connectivity index (χ0v) is 14.2. The predicted molar refractivity (Wildman–Crippen MR) is 90.9 cm³/mol. The van der Waals surface area contributed by atoms with Crippen LogP contribution in [0.15, 0.2) is 24.3 Å². The van der Waals surface area contributed by atoms with Gasteiger partial charge in [-0.15, -0.1) is 0 Å². The molecular weight excluding hydrogens is 282 g/mol. The average Bonchev–Trinajstić information content (AvgIpc) is 2.49. The van der Waals surface area contributed by atoms with Crippen LogP contribution in [0.1, 0.15) is 26.3 Å². The first-order valence-corrected chi connectivity index (χ1v) is 8.30. The smallest absolute Gasteiger partial charge is 0.0406 e. The Kier molecular flexibility index (Phi) is 5.67. The third kappa shape index (κ3) is 3.98. The molecule has 0 amide bonds. The molecule has 2 rings (SSSR count). The molecule has 2 N–H and O–H groups in total. The van der Waals surface area contributed by atoms with E-state index < -0.39 is 0 Å². The van der Waals surface area contributed by atoms with Crippen LogP contribution in [0.4, 0.5) is 0 Å². The van der Waals surface area contributed by atoms with Crippen LogP contribution in [0.25, 0.3) is 0 Å². The van der Waals surface area contributed by atoms with Crippen molar-refractivity contribution in [2.45, 2.75) is 38.8 Å². The maximum atomic E-state index is 6.15. The molecular formula is C17H28ClN3. The van der Waals surface area contributed by atoms with Gasteiger partial charge in [0, 0.05) is 42.8 Å². The summed E-state index contributed by atoms with van der Waals surface area (Å²) in [6.45, 7) is 12.0. The van der Waals surface area contributed by atoms with Crippen molar-refractivity contribution in [3.8, 4) is 0 Å². The monoisotopic (exact) mass is 309 g/mol. The second-order valence-corrected chi connectivity index (χ2v) is 6.86. The topological polar surface area (TPSA) is 32.5 Å². The molecule has 21 heavy (non-hydrogen) atoms. The average molecular weight is 310 g/mol. The third-order valence-corrected chi connectivity index (χ3v) is 5.12. The van der Waals surface area contributed by atoms with Crippen LogP contribution >= 0.6 is 11.6 Å². The molecule has 1 heterocycles. The quantitative estimate of drug-likeness (QED) is 0.907. The number of likely N-dealkylation sites (N-methyl/N-ethyl adjacent to an activating group) is 1. The zero-order valence-electron chi connectivity index (χ0n) is 13.5. The van der Waals surface area contributed by atoms with Crippen LogP contribution in [0.2, 0.25) is 5.02 Å². The van der Waals surface area contributed by atoms with Gasteiger partial charge in [-0.1, -0.05) is 30.7 Å². The first-order chi connectivity index (χ1) is 9.98. The lowest BCUT2D eigenvalue weighted by molar-refractivity contribution is 0.0185. The Bertz CT molecular complexity index is 448. The van der Waals surface area contributed by atoms with Gasteiger partial charge in [0.2, 0.25) is 0 Å². The summed E-state index contributed by atoms with van der Waals surface area (Å²) in [5.41, 5.74) is 7.47. The van der Waals surface area contributed by atoms with E-state index in [9.17, 15) is 0 Å². The molecule has 1 fully saturated rings. The van der Waals surface area contributed by atoms with Crippen molar-refractivity contribution in [3.05, 3.63) is 34.9 Å². The van der Waals surface area contributed by atoms with Gasteiger partial charge in [0.15, 0.2) is 0 Å². The number of hydrogen-bond acceptors (Lipinski definition) is 3. The molecule has 0 aliphatic carbocycles. The van der Waals surface area contributed by atoms with Crippen LogP contribution in [0.5, 0.6) is 0 Å². The Morgan fingerprint density at radius 1 is 1.29 bits per heavy atom. The normalized spacial score (nSPS) is 24.0. The lowest BCUT2D eigenvalue weighted by Crippen LogP contribution is -2.62. The van der Waals surface area contributed by atoms with Crippen molar-refractivity contribution >= 4 is 11.6 Å². The molecule has 1 aliphatic heterocycles. The van der Waals surface area contributed by atoms with Gasteiger partial charge >= 0.3 is 0 Å². The lowest BCUT2D eigenvalue weighted by atomic mass is 9.89. The highest BCUT2D eigenvalue weighted by Crippen LogP contribution is 2.24. The fourth-order valence-corrected chi connectivity index (χ4v) is 3.44. The first-order valence-electron chi connectivity index (χ1n) is 7.92. The van der Waals surface area contributed by atoms with Gasteiger partial charge in [-0.25, -0.2) is 0 Å². The van der Waals surface area contributed by atoms with Gasteiger partial charge in [0.05, 0.1) is 0 Å². The molecule has 3 nitrogen and oxygen atoms in total. The standard InChI is InChI=1S/C17H28ClN3/c1-4-20-9-10-21(12-14(20)2)17(3,13-19)11-15-5-7-16(18)8-6-15/h5-8,14H,4,9-13,19H2,1-3H3. The molecule has 0 bridgehead atoms. The third-order valence-electron chi connectivity index (χ3n) is 4.87. The number of benzene rings is 1. The van der Waals surface area contributed by atoms with E-state index >= 15 is 0 Å². The fourth-order valence-electron chi connectivity index (χ4n) is 3.31. The van der Waals surface area contributed by atoms with E-state index in [0.717, 1.165) is 37.6 Å². The number of piperazine rings is 1. The molecule has 0 aromatic heterocycles. The van der Waals surface area contributed by atoms with E-state index in [2.05, 4.69) is 42.7 Å². The van der Waals surface area contributed by atoms with E-state index in [1.807, 2.05) is 12.1 Å². The van der Waals surface area contributed by atoms with Crippen molar-refractivity contribution in [1.29, 1.82) is 0 Å². The zero-order chi connectivity index (χ0) is 15.5. The molecule has 4 heteroatoms. The van der Waals surface area contributed by atoms with Crippen LogP contribution in [-0.4, -0.2) is 54.1 Å². The molecule has 1 saturated heterocycles.